The summed E-state index contributed by atoms with van der Waals surface area (Å²) in [6.07, 6.45) is 0. The molecule has 28 heavy (non-hydrogen) atoms. The summed E-state index contributed by atoms with van der Waals surface area (Å²) in [7, 11) is 0. The lowest BCUT2D eigenvalue weighted by Gasteiger charge is -2.04. The van der Waals surface area contributed by atoms with Gasteiger partial charge in [0.1, 0.15) is 5.58 Å². The van der Waals surface area contributed by atoms with Crippen LogP contribution in [-0.4, -0.2) is 5.78 Å². The minimum absolute atomic E-state index is 0.176. The van der Waals surface area contributed by atoms with E-state index >= 15 is 0 Å². The van der Waals surface area contributed by atoms with Crippen LogP contribution in [0.25, 0.3) is 21.4 Å². The van der Waals surface area contributed by atoms with E-state index in [2.05, 4.69) is 19.1 Å². The van der Waals surface area contributed by atoms with Crippen molar-refractivity contribution < 1.29 is 9.21 Å². The summed E-state index contributed by atoms with van der Waals surface area (Å²) in [6.45, 7) is 10.0. The molecule has 144 valence electrons. The van der Waals surface area contributed by atoms with Gasteiger partial charge < -0.3 is 10.2 Å². The Morgan fingerprint density at radius 1 is 0.964 bits per heavy atom. The van der Waals surface area contributed by atoms with Gasteiger partial charge in [0.25, 0.3) is 0 Å². The second-order valence-corrected chi connectivity index (χ2v) is 7.90. The standard InChI is InChI=1S/C22H19NO2S.C2H6/c1-12-4-7-16(13(2)10-12)21(24)22-20(23)17-8-6-15(11-18(17)25-22)19-9-5-14(3)26-19;1-2/h4-11H,23H2,1-3H3;1-2H3. The van der Waals surface area contributed by atoms with Crippen molar-refractivity contribution in [3.05, 3.63) is 75.9 Å². The molecule has 4 heteroatoms. The fraction of sp³-hybridized carbons (Fsp3) is 0.208. The molecule has 2 aromatic carbocycles. The third-order valence-corrected chi connectivity index (χ3v) is 5.64. The number of thiophene rings is 1. The number of hydrogen-bond donors (Lipinski definition) is 1. The molecular formula is C24H25NO2S. The molecule has 0 unspecified atom stereocenters. The SMILES string of the molecule is CC.Cc1ccc(C(=O)c2oc3cc(-c4ccc(C)s4)ccc3c2N)c(C)c1. The molecule has 0 bridgehead atoms. The Labute approximate surface area is 169 Å². The number of carbonyl (C=O) groups excluding carboxylic acids is 1. The van der Waals surface area contributed by atoms with Crippen molar-refractivity contribution in [3.8, 4) is 10.4 Å². The van der Waals surface area contributed by atoms with Crippen LogP contribution in [0.15, 0.2) is 52.9 Å². The van der Waals surface area contributed by atoms with Crippen LogP contribution in [0.4, 0.5) is 5.69 Å². The van der Waals surface area contributed by atoms with Gasteiger partial charge in [0.2, 0.25) is 5.78 Å². The Bertz CT molecular complexity index is 1150. The Hall–Kier alpha value is -2.85. The predicted molar refractivity (Wildman–Crippen MR) is 119 cm³/mol. The topological polar surface area (TPSA) is 56.2 Å². The van der Waals surface area contributed by atoms with Gasteiger partial charge in [-0.25, -0.2) is 0 Å². The molecule has 2 aromatic heterocycles. The number of benzene rings is 2. The number of nitrogens with two attached hydrogens (primary N) is 1. The summed E-state index contributed by atoms with van der Waals surface area (Å²) in [6, 6.07) is 15.8. The van der Waals surface area contributed by atoms with Gasteiger partial charge in [-0.05, 0) is 56.2 Å². The first-order chi connectivity index (χ1) is 13.4. The van der Waals surface area contributed by atoms with Crippen molar-refractivity contribution >= 4 is 33.8 Å². The molecule has 2 heterocycles. The molecule has 0 saturated heterocycles. The first-order valence-electron chi connectivity index (χ1n) is 9.45. The highest BCUT2D eigenvalue weighted by atomic mass is 32.1. The Balaban J connectivity index is 0.00000109. The van der Waals surface area contributed by atoms with Crippen molar-refractivity contribution in [2.45, 2.75) is 34.6 Å². The van der Waals surface area contributed by atoms with Gasteiger partial charge in [0.15, 0.2) is 5.76 Å². The number of furan rings is 1. The minimum Gasteiger partial charge on any atom is -0.450 e. The number of aryl methyl sites for hydroxylation is 3. The van der Waals surface area contributed by atoms with E-state index < -0.39 is 0 Å². The van der Waals surface area contributed by atoms with E-state index in [0.29, 0.717) is 16.8 Å². The number of anilines is 1. The monoisotopic (exact) mass is 391 g/mol. The van der Waals surface area contributed by atoms with Crippen LogP contribution in [0, 0.1) is 20.8 Å². The Morgan fingerprint density at radius 2 is 1.71 bits per heavy atom. The Morgan fingerprint density at radius 3 is 2.36 bits per heavy atom. The van der Waals surface area contributed by atoms with E-state index in [9.17, 15) is 4.79 Å². The van der Waals surface area contributed by atoms with Crippen molar-refractivity contribution in [2.75, 3.05) is 5.73 Å². The maximum absolute atomic E-state index is 13.0. The molecule has 3 nitrogen and oxygen atoms in total. The molecule has 4 rings (SSSR count). The first-order valence-corrected chi connectivity index (χ1v) is 10.3. The van der Waals surface area contributed by atoms with E-state index in [0.717, 1.165) is 22.1 Å². The number of nitrogen functional groups attached to an aromatic ring is 1. The van der Waals surface area contributed by atoms with E-state index in [1.54, 1.807) is 11.3 Å². The third-order valence-electron chi connectivity index (χ3n) is 4.59. The summed E-state index contributed by atoms with van der Waals surface area (Å²) in [4.78, 5) is 15.4. The molecular weight excluding hydrogens is 366 g/mol. The van der Waals surface area contributed by atoms with Crippen molar-refractivity contribution in [1.29, 1.82) is 0 Å². The van der Waals surface area contributed by atoms with Crippen LogP contribution in [0.2, 0.25) is 0 Å². The van der Waals surface area contributed by atoms with Crippen LogP contribution >= 0.6 is 11.3 Å². The lowest BCUT2D eigenvalue weighted by molar-refractivity contribution is 0.101. The van der Waals surface area contributed by atoms with Crippen molar-refractivity contribution in [2.24, 2.45) is 0 Å². The summed E-state index contributed by atoms with van der Waals surface area (Å²) < 4.78 is 5.90. The summed E-state index contributed by atoms with van der Waals surface area (Å²) in [5.41, 5.74) is 11.0. The summed E-state index contributed by atoms with van der Waals surface area (Å²) in [5.74, 6) is 0.0381. The second kappa shape index (κ2) is 8.03. The molecule has 0 aliphatic carbocycles. The van der Waals surface area contributed by atoms with Gasteiger partial charge in [-0.15, -0.1) is 11.3 Å². The molecule has 0 atom stereocenters. The molecule has 0 fully saturated rings. The first kappa shape index (κ1) is 19.9. The highest BCUT2D eigenvalue weighted by Gasteiger charge is 2.21. The molecule has 0 radical (unpaired) electrons. The molecule has 0 amide bonds. The van der Waals surface area contributed by atoms with Gasteiger partial charge in [0.05, 0.1) is 5.69 Å². The molecule has 0 spiro atoms. The number of hydrogen-bond acceptors (Lipinski definition) is 4. The normalized spacial score (nSPS) is 10.6. The molecule has 0 aliphatic heterocycles. The zero-order valence-corrected chi connectivity index (χ0v) is 17.7. The van der Waals surface area contributed by atoms with Crippen LogP contribution in [0.5, 0.6) is 0 Å². The maximum atomic E-state index is 13.0. The van der Waals surface area contributed by atoms with E-state index in [1.165, 1.54) is 9.75 Å². The van der Waals surface area contributed by atoms with Gasteiger partial charge in [-0.1, -0.05) is 43.7 Å². The van der Waals surface area contributed by atoms with Crippen LogP contribution < -0.4 is 5.73 Å². The van der Waals surface area contributed by atoms with E-state index in [-0.39, 0.29) is 11.5 Å². The van der Waals surface area contributed by atoms with Gasteiger partial charge in [-0.3, -0.25) is 4.79 Å². The summed E-state index contributed by atoms with van der Waals surface area (Å²) in [5, 5.41) is 0.773. The molecule has 4 aromatic rings. The molecule has 0 saturated carbocycles. The highest BCUT2D eigenvalue weighted by Crippen LogP contribution is 2.35. The molecule has 2 N–H and O–H groups in total. The van der Waals surface area contributed by atoms with Gasteiger partial charge in [0, 0.05) is 20.7 Å². The fourth-order valence-corrected chi connectivity index (χ4v) is 4.08. The van der Waals surface area contributed by atoms with Crippen molar-refractivity contribution in [1.82, 2.24) is 0 Å². The average molecular weight is 392 g/mol. The summed E-state index contributed by atoms with van der Waals surface area (Å²) >= 11 is 1.73. The zero-order chi connectivity index (χ0) is 20.4. The largest absolute Gasteiger partial charge is 0.450 e. The zero-order valence-electron chi connectivity index (χ0n) is 16.9. The third kappa shape index (κ3) is 3.60. The van der Waals surface area contributed by atoms with E-state index in [1.807, 2.05) is 64.1 Å². The van der Waals surface area contributed by atoms with Gasteiger partial charge in [-0.2, -0.15) is 0 Å². The quantitative estimate of drug-likeness (QED) is 0.385. The minimum atomic E-state index is -0.176. The van der Waals surface area contributed by atoms with Crippen LogP contribution in [0.1, 0.15) is 46.0 Å². The smallest absolute Gasteiger partial charge is 0.230 e. The second-order valence-electron chi connectivity index (χ2n) is 6.61. The maximum Gasteiger partial charge on any atom is 0.230 e. The highest BCUT2D eigenvalue weighted by molar-refractivity contribution is 7.15. The predicted octanol–water partition coefficient (Wildman–Crippen LogP) is 6.93. The number of carbonyl (C=O) groups is 1. The fourth-order valence-electron chi connectivity index (χ4n) is 3.22. The lowest BCUT2D eigenvalue weighted by Crippen LogP contribution is -2.05. The Kier molecular flexibility index (Phi) is 5.71. The number of ketones is 1. The number of fused-ring (bicyclic) bond motifs is 1. The van der Waals surface area contributed by atoms with Gasteiger partial charge >= 0.3 is 0 Å². The van der Waals surface area contributed by atoms with E-state index in [4.69, 9.17) is 10.2 Å². The average Bonchev–Trinajstić information content (AvgIpc) is 3.26. The number of rotatable bonds is 3. The molecule has 0 aliphatic rings. The van der Waals surface area contributed by atoms with Crippen LogP contribution in [-0.2, 0) is 0 Å². The lowest BCUT2D eigenvalue weighted by atomic mass is 10.00. The van der Waals surface area contributed by atoms with Crippen LogP contribution in [0.3, 0.4) is 0 Å². The van der Waals surface area contributed by atoms with Crippen molar-refractivity contribution in [3.63, 3.8) is 0 Å².